The van der Waals surface area contributed by atoms with E-state index in [1.165, 1.54) is 44.3 Å². The molecule has 1 nitrogen and oxygen atoms in total. The van der Waals surface area contributed by atoms with Crippen LogP contribution in [0.15, 0.2) is 30.3 Å². The van der Waals surface area contributed by atoms with E-state index in [-0.39, 0.29) is 0 Å². The summed E-state index contributed by atoms with van der Waals surface area (Å²) in [6.45, 7) is 4.82. The van der Waals surface area contributed by atoms with Gasteiger partial charge in [-0.2, -0.15) is 0 Å². The van der Waals surface area contributed by atoms with E-state index in [1.54, 1.807) is 0 Å². The van der Waals surface area contributed by atoms with Gasteiger partial charge in [0.15, 0.2) is 0 Å². The summed E-state index contributed by atoms with van der Waals surface area (Å²) in [4.78, 5) is 0. The van der Waals surface area contributed by atoms with Crippen LogP contribution in [0.2, 0.25) is 0 Å². The fourth-order valence-corrected chi connectivity index (χ4v) is 2.55. The second kappa shape index (κ2) is 4.80. The van der Waals surface area contributed by atoms with Gasteiger partial charge in [-0.1, -0.05) is 37.3 Å². The van der Waals surface area contributed by atoms with Crippen LogP contribution in [0.5, 0.6) is 0 Å². The third kappa shape index (κ3) is 3.07. The van der Waals surface area contributed by atoms with E-state index >= 15 is 0 Å². The van der Waals surface area contributed by atoms with Crippen LogP contribution in [0.1, 0.15) is 31.7 Å². The maximum absolute atomic E-state index is 3.49. The molecule has 0 amide bonds. The molecule has 1 aliphatic heterocycles. The molecule has 1 aliphatic rings. The lowest BCUT2D eigenvalue weighted by molar-refractivity contribution is 0.283. The second-order valence-corrected chi connectivity index (χ2v) is 5.08. The highest BCUT2D eigenvalue weighted by Crippen LogP contribution is 2.32. The van der Waals surface area contributed by atoms with Gasteiger partial charge >= 0.3 is 0 Å². The summed E-state index contributed by atoms with van der Waals surface area (Å²) in [7, 11) is 0. The van der Waals surface area contributed by atoms with Crippen molar-refractivity contribution in [3.63, 3.8) is 0 Å². The molecule has 0 aromatic heterocycles. The molecule has 2 rings (SSSR count). The lowest BCUT2D eigenvalue weighted by atomic mass is 9.77. The van der Waals surface area contributed by atoms with Crippen LogP contribution >= 0.6 is 0 Å². The summed E-state index contributed by atoms with van der Waals surface area (Å²) >= 11 is 0. The van der Waals surface area contributed by atoms with Gasteiger partial charge in [-0.25, -0.2) is 0 Å². The molecule has 0 radical (unpaired) electrons. The SMILES string of the molecule is CC1(Cc2ccccc2)CCCNCC1. The number of benzene rings is 1. The molecule has 82 valence electrons. The fourth-order valence-electron chi connectivity index (χ4n) is 2.55. The molecule has 1 aromatic carbocycles. The van der Waals surface area contributed by atoms with Gasteiger partial charge in [-0.3, -0.25) is 0 Å². The molecular weight excluding hydrogens is 182 g/mol. The molecule has 0 saturated carbocycles. The van der Waals surface area contributed by atoms with Crippen molar-refractivity contribution < 1.29 is 0 Å². The van der Waals surface area contributed by atoms with Crippen molar-refractivity contribution in [2.24, 2.45) is 5.41 Å². The van der Waals surface area contributed by atoms with E-state index in [9.17, 15) is 0 Å². The van der Waals surface area contributed by atoms with Crippen molar-refractivity contribution in [1.29, 1.82) is 0 Å². The van der Waals surface area contributed by atoms with Crippen molar-refractivity contribution in [1.82, 2.24) is 5.32 Å². The van der Waals surface area contributed by atoms with Crippen LogP contribution in [0.3, 0.4) is 0 Å². The molecule has 15 heavy (non-hydrogen) atoms. The maximum atomic E-state index is 3.49. The highest BCUT2D eigenvalue weighted by molar-refractivity contribution is 5.16. The Labute approximate surface area is 92.9 Å². The van der Waals surface area contributed by atoms with Crippen LogP contribution in [0.4, 0.5) is 0 Å². The van der Waals surface area contributed by atoms with Crippen LogP contribution in [-0.2, 0) is 6.42 Å². The Kier molecular flexibility index (Phi) is 3.42. The summed E-state index contributed by atoms with van der Waals surface area (Å²) < 4.78 is 0. The maximum Gasteiger partial charge on any atom is -0.00436 e. The average Bonchev–Trinajstić information content (AvgIpc) is 2.45. The molecule has 1 N–H and O–H groups in total. The first-order valence-electron chi connectivity index (χ1n) is 6.03. The third-order valence-corrected chi connectivity index (χ3v) is 3.51. The number of hydrogen-bond donors (Lipinski definition) is 1. The highest BCUT2D eigenvalue weighted by atomic mass is 14.9. The van der Waals surface area contributed by atoms with E-state index in [4.69, 9.17) is 0 Å². The molecule has 1 fully saturated rings. The molecule has 0 bridgehead atoms. The topological polar surface area (TPSA) is 12.0 Å². The normalized spacial score (nSPS) is 27.3. The number of hydrogen-bond acceptors (Lipinski definition) is 1. The second-order valence-electron chi connectivity index (χ2n) is 5.08. The summed E-state index contributed by atoms with van der Waals surface area (Å²) in [5, 5.41) is 3.49. The summed E-state index contributed by atoms with van der Waals surface area (Å²) in [6.07, 6.45) is 5.22. The van der Waals surface area contributed by atoms with Crippen molar-refractivity contribution in [3.8, 4) is 0 Å². The van der Waals surface area contributed by atoms with Crippen molar-refractivity contribution in [3.05, 3.63) is 35.9 Å². The van der Waals surface area contributed by atoms with Crippen molar-refractivity contribution in [2.45, 2.75) is 32.6 Å². The Morgan fingerprint density at radius 3 is 2.73 bits per heavy atom. The summed E-state index contributed by atoms with van der Waals surface area (Å²) in [5.41, 5.74) is 1.99. The molecule has 1 aromatic rings. The molecule has 1 atom stereocenters. The fraction of sp³-hybridized carbons (Fsp3) is 0.571. The molecule has 1 saturated heterocycles. The van der Waals surface area contributed by atoms with E-state index in [2.05, 4.69) is 42.6 Å². The zero-order valence-electron chi connectivity index (χ0n) is 9.63. The summed E-state index contributed by atoms with van der Waals surface area (Å²) in [6, 6.07) is 10.9. The van der Waals surface area contributed by atoms with Crippen LogP contribution in [0.25, 0.3) is 0 Å². The molecule has 0 spiro atoms. The van der Waals surface area contributed by atoms with Gasteiger partial charge in [0.25, 0.3) is 0 Å². The van der Waals surface area contributed by atoms with E-state index in [1.807, 2.05) is 0 Å². The average molecular weight is 203 g/mol. The van der Waals surface area contributed by atoms with Gasteiger partial charge in [0.1, 0.15) is 0 Å². The highest BCUT2D eigenvalue weighted by Gasteiger charge is 2.25. The Morgan fingerprint density at radius 2 is 1.93 bits per heavy atom. The van der Waals surface area contributed by atoms with Gasteiger partial charge < -0.3 is 5.32 Å². The molecule has 1 heterocycles. The van der Waals surface area contributed by atoms with Gasteiger partial charge in [-0.15, -0.1) is 0 Å². The standard InChI is InChI=1S/C14H21N/c1-14(8-5-10-15-11-9-14)12-13-6-3-2-4-7-13/h2-4,6-7,15H,5,8-12H2,1H3. The Morgan fingerprint density at radius 1 is 1.13 bits per heavy atom. The van der Waals surface area contributed by atoms with Crippen LogP contribution in [0, 0.1) is 5.41 Å². The minimum Gasteiger partial charge on any atom is -0.317 e. The summed E-state index contributed by atoms with van der Waals surface area (Å²) in [5.74, 6) is 0. The lowest BCUT2D eigenvalue weighted by Gasteiger charge is -2.27. The van der Waals surface area contributed by atoms with E-state index in [0.717, 1.165) is 0 Å². The van der Waals surface area contributed by atoms with Gasteiger partial charge in [0.05, 0.1) is 0 Å². The Balaban J connectivity index is 2.02. The van der Waals surface area contributed by atoms with Gasteiger partial charge in [-0.05, 0) is 49.8 Å². The Hall–Kier alpha value is -0.820. The van der Waals surface area contributed by atoms with Crippen molar-refractivity contribution in [2.75, 3.05) is 13.1 Å². The zero-order valence-corrected chi connectivity index (χ0v) is 9.63. The number of rotatable bonds is 2. The lowest BCUT2D eigenvalue weighted by Crippen LogP contribution is -2.21. The first-order valence-corrected chi connectivity index (χ1v) is 6.03. The predicted octanol–water partition coefficient (Wildman–Crippen LogP) is 3.01. The van der Waals surface area contributed by atoms with Crippen LogP contribution < -0.4 is 5.32 Å². The number of nitrogens with one attached hydrogen (secondary N) is 1. The largest absolute Gasteiger partial charge is 0.317 e. The minimum absolute atomic E-state index is 0.505. The smallest absolute Gasteiger partial charge is 0.00436 e. The van der Waals surface area contributed by atoms with E-state index < -0.39 is 0 Å². The molecule has 1 unspecified atom stereocenters. The first kappa shape index (κ1) is 10.7. The van der Waals surface area contributed by atoms with E-state index in [0.29, 0.717) is 5.41 Å². The minimum atomic E-state index is 0.505. The quantitative estimate of drug-likeness (QED) is 0.779. The molecular formula is C14H21N. The predicted molar refractivity (Wildman–Crippen MR) is 65.0 cm³/mol. The molecule has 1 heteroatoms. The van der Waals surface area contributed by atoms with Gasteiger partial charge in [0, 0.05) is 0 Å². The Bertz CT molecular complexity index is 283. The van der Waals surface area contributed by atoms with Crippen LogP contribution in [-0.4, -0.2) is 13.1 Å². The first-order chi connectivity index (χ1) is 7.29. The monoisotopic (exact) mass is 203 g/mol. The van der Waals surface area contributed by atoms with Gasteiger partial charge in [0.2, 0.25) is 0 Å². The third-order valence-electron chi connectivity index (χ3n) is 3.51. The molecule has 0 aliphatic carbocycles. The zero-order chi connectivity index (χ0) is 10.6. The van der Waals surface area contributed by atoms with Crippen molar-refractivity contribution >= 4 is 0 Å².